The van der Waals surface area contributed by atoms with Crippen LogP contribution in [0.2, 0.25) is 25.7 Å². The largest absolute Gasteiger partial charge is 0.480 e. The van der Waals surface area contributed by atoms with Crippen molar-refractivity contribution in [3.05, 3.63) is 95.8 Å². The van der Waals surface area contributed by atoms with Crippen LogP contribution in [0.25, 0.3) is 11.1 Å². The Hall–Kier alpha value is -5.90. The summed E-state index contributed by atoms with van der Waals surface area (Å²) in [5, 5.41) is 17.8. The maximum absolute atomic E-state index is 15.3. The number of hydrogen-bond donors (Lipinski definition) is 4. The zero-order valence-electron chi connectivity index (χ0n) is 40.7. The van der Waals surface area contributed by atoms with Gasteiger partial charge in [0.15, 0.2) is 0 Å². The van der Waals surface area contributed by atoms with E-state index < -0.39 is 79.4 Å². The summed E-state index contributed by atoms with van der Waals surface area (Å²) in [6.07, 6.45) is 3.52. The molecule has 0 saturated carbocycles. The molecule has 0 aliphatic carbocycles. The molecule has 4 N–H and O–H groups in total. The molecule has 0 saturated heterocycles. The molecule has 70 heavy (non-hydrogen) atoms. The first kappa shape index (κ1) is 56.7. The highest BCUT2D eigenvalue weighted by Crippen LogP contribution is 2.41. The molecular weight excluding hydrogens is 947 g/mol. The molecule has 2 aromatic carbocycles. The number of amides is 6. The number of nitrogens with zero attached hydrogens (tertiary/aromatic N) is 3. The van der Waals surface area contributed by atoms with Crippen molar-refractivity contribution in [2.24, 2.45) is 5.41 Å². The van der Waals surface area contributed by atoms with Gasteiger partial charge in [-0.25, -0.2) is 18.4 Å². The first-order valence-corrected chi connectivity index (χ1v) is 27.9. The zero-order valence-corrected chi connectivity index (χ0v) is 42.5. The average Bonchev–Trinajstić information content (AvgIpc) is 3.83. The second kappa shape index (κ2) is 27.5. The Labute approximate surface area is 413 Å². The van der Waals surface area contributed by atoms with Gasteiger partial charge in [0.25, 0.3) is 11.8 Å². The summed E-state index contributed by atoms with van der Waals surface area (Å²) in [7, 11) is -1.44. The Balaban J connectivity index is 1.39. The SMILES string of the molecule is CC(C)(C)[C@H](c1cc(-c2cc(F)ccc2F)cn1Cc1ccccc1)N(CCCNC(=O)OCC[Si](C)(C)C)C(=O)CSC[C@H](NC(=O)CCOCCOCCNC(=O)CN1C(=O)C=CC1=O)C(=O)O. The lowest BCUT2D eigenvalue weighted by molar-refractivity contribution is -0.141. The van der Waals surface area contributed by atoms with Gasteiger partial charge in [0.2, 0.25) is 17.7 Å². The summed E-state index contributed by atoms with van der Waals surface area (Å²) in [5.74, 6) is -5.43. The van der Waals surface area contributed by atoms with Crippen LogP contribution in [0.5, 0.6) is 0 Å². The predicted octanol–water partition coefficient (Wildman–Crippen LogP) is 5.62. The van der Waals surface area contributed by atoms with Crippen molar-refractivity contribution in [2.75, 3.05) is 70.7 Å². The number of benzene rings is 2. The van der Waals surface area contributed by atoms with Crippen molar-refractivity contribution < 1.29 is 61.7 Å². The molecule has 1 aliphatic heterocycles. The van der Waals surface area contributed by atoms with Gasteiger partial charge in [0.1, 0.15) is 24.2 Å². The fourth-order valence-electron chi connectivity index (χ4n) is 7.27. The van der Waals surface area contributed by atoms with Crippen LogP contribution in [-0.2, 0) is 49.5 Å². The number of halogens is 2. The van der Waals surface area contributed by atoms with Crippen molar-refractivity contribution in [3.63, 3.8) is 0 Å². The number of thioether (sulfide) groups is 1. The molecule has 3 aromatic rings. The quantitative estimate of drug-likeness (QED) is 0.0379. The molecule has 1 aliphatic rings. The van der Waals surface area contributed by atoms with Crippen LogP contribution in [0, 0.1) is 17.0 Å². The summed E-state index contributed by atoms with van der Waals surface area (Å²) in [5.41, 5.74) is 1.37. The van der Waals surface area contributed by atoms with E-state index in [1.54, 1.807) is 17.2 Å². The molecule has 0 bridgehead atoms. The fourth-order valence-corrected chi connectivity index (χ4v) is 8.91. The molecule has 2 atom stereocenters. The van der Waals surface area contributed by atoms with Gasteiger partial charge in [-0.1, -0.05) is 70.7 Å². The molecule has 0 spiro atoms. The average molecular weight is 1010 g/mol. The molecule has 21 heteroatoms. The van der Waals surface area contributed by atoms with Gasteiger partial charge >= 0.3 is 12.1 Å². The fraction of sp³-hybridized carbons (Fsp3) is 0.490. The van der Waals surface area contributed by atoms with Crippen molar-refractivity contribution >= 4 is 61.4 Å². The highest BCUT2D eigenvalue weighted by molar-refractivity contribution is 8.00. The van der Waals surface area contributed by atoms with E-state index in [2.05, 4.69) is 35.6 Å². The summed E-state index contributed by atoms with van der Waals surface area (Å²) < 4.78 is 48.0. The van der Waals surface area contributed by atoms with E-state index >= 15 is 4.39 Å². The van der Waals surface area contributed by atoms with Crippen LogP contribution < -0.4 is 16.0 Å². The van der Waals surface area contributed by atoms with Crippen molar-refractivity contribution in [1.29, 1.82) is 0 Å². The highest BCUT2D eigenvalue weighted by Gasteiger charge is 2.37. The molecule has 0 fully saturated rings. The Morgan fingerprint density at radius 3 is 2.20 bits per heavy atom. The smallest absolute Gasteiger partial charge is 0.407 e. The third kappa shape index (κ3) is 19.1. The van der Waals surface area contributed by atoms with E-state index in [0.717, 1.165) is 58.6 Å². The number of aromatic nitrogens is 1. The van der Waals surface area contributed by atoms with Crippen LogP contribution in [0.1, 0.15) is 50.9 Å². The van der Waals surface area contributed by atoms with Crippen molar-refractivity contribution in [3.8, 4) is 11.1 Å². The standard InChI is InChI=1S/C49H66F2N6O11SSi/c1-49(2,3)46(40-27-35(37-28-36(50)13-14-38(37)51)30-55(40)29-34-11-8-7-9-12-34)56(20-10-18-53-48(65)68-25-26-70(4,5)6)45(62)33-69-32-39(47(63)64)54-41(58)17-21-66-23-24-67-22-19-52-42(59)31-57-43(60)15-16-44(57)61/h7-9,11-16,27-28,30,39,46H,10,17-26,29,31-33H2,1-6H3,(H,52,59)(H,53,65)(H,54,58)(H,63,64)/t39-,46-/m0/s1. The molecule has 382 valence electrons. The third-order valence-electron chi connectivity index (χ3n) is 10.8. The van der Waals surface area contributed by atoms with Crippen molar-refractivity contribution in [2.45, 2.75) is 77.9 Å². The number of hydrogen-bond acceptors (Lipinski definition) is 11. The monoisotopic (exact) mass is 1010 g/mol. The van der Waals surface area contributed by atoms with Gasteiger partial charge in [-0.05, 0) is 47.7 Å². The minimum absolute atomic E-state index is 0.0381. The Bertz CT molecular complexity index is 2290. The normalized spacial score (nSPS) is 13.5. The minimum Gasteiger partial charge on any atom is -0.480 e. The number of alkyl carbamates (subject to hydrolysis) is 1. The number of carboxylic acids is 1. The highest BCUT2D eigenvalue weighted by atomic mass is 32.2. The number of nitrogens with one attached hydrogen (secondary N) is 3. The zero-order chi connectivity index (χ0) is 51.4. The van der Waals surface area contributed by atoms with E-state index in [1.807, 2.05) is 55.7 Å². The number of aliphatic carboxylic acids is 1. The van der Waals surface area contributed by atoms with Gasteiger partial charge in [-0.15, -0.1) is 11.8 Å². The topological polar surface area (TPSA) is 215 Å². The lowest BCUT2D eigenvalue weighted by Gasteiger charge is -2.41. The van der Waals surface area contributed by atoms with Crippen molar-refractivity contribution in [1.82, 2.24) is 30.3 Å². The minimum atomic E-state index is -1.44. The van der Waals surface area contributed by atoms with E-state index in [0.29, 0.717) is 30.8 Å². The molecule has 4 rings (SSSR count). The van der Waals surface area contributed by atoms with Gasteiger partial charge in [-0.3, -0.25) is 28.9 Å². The molecule has 0 unspecified atom stereocenters. The van der Waals surface area contributed by atoms with Crippen LogP contribution in [0.15, 0.2) is 72.9 Å². The number of ether oxygens (including phenoxy) is 3. The Kier molecular flexibility index (Phi) is 22.3. The number of carbonyl (C=O) groups excluding carboxylic acids is 6. The maximum Gasteiger partial charge on any atom is 0.407 e. The molecule has 1 aromatic heterocycles. The van der Waals surface area contributed by atoms with Gasteiger partial charge < -0.3 is 44.7 Å². The van der Waals surface area contributed by atoms with Crippen LogP contribution in [0.4, 0.5) is 13.6 Å². The van der Waals surface area contributed by atoms with Crippen LogP contribution in [0.3, 0.4) is 0 Å². The van der Waals surface area contributed by atoms with Crippen LogP contribution >= 0.6 is 11.8 Å². The lowest BCUT2D eigenvalue weighted by atomic mass is 9.83. The molecule has 6 amide bonds. The first-order chi connectivity index (χ1) is 33.1. The van der Waals surface area contributed by atoms with E-state index in [4.69, 9.17) is 14.2 Å². The molecule has 2 heterocycles. The number of carboxylic acid groups (broad SMARTS) is 1. The summed E-state index contributed by atoms with van der Waals surface area (Å²) >= 11 is 1.03. The number of imide groups is 1. The van der Waals surface area contributed by atoms with Gasteiger partial charge in [0, 0.05) is 81.6 Å². The second-order valence-electron chi connectivity index (χ2n) is 18.9. The molecule has 17 nitrogen and oxygen atoms in total. The second-order valence-corrected chi connectivity index (χ2v) is 25.5. The van der Waals surface area contributed by atoms with E-state index in [1.165, 1.54) is 0 Å². The van der Waals surface area contributed by atoms with E-state index in [9.17, 15) is 43.1 Å². The predicted molar refractivity (Wildman–Crippen MR) is 263 cm³/mol. The summed E-state index contributed by atoms with van der Waals surface area (Å²) in [6, 6.07) is 13.4. The first-order valence-electron chi connectivity index (χ1n) is 23.1. The van der Waals surface area contributed by atoms with Crippen LogP contribution in [-0.4, -0.2) is 146 Å². The Morgan fingerprint density at radius 2 is 1.54 bits per heavy atom. The molecule has 0 radical (unpaired) electrons. The maximum atomic E-state index is 15.3. The number of carbonyl (C=O) groups is 7. The third-order valence-corrected chi connectivity index (χ3v) is 13.5. The van der Waals surface area contributed by atoms with Gasteiger partial charge in [0.05, 0.1) is 44.8 Å². The Morgan fingerprint density at radius 1 is 0.857 bits per heavy atom. The van der Waals surface area contributed by atoms with E-state index in [-0.39, 0.29) is 75.5 Å². The summed E-state index contributed by atoms with van der Waals surface area (Å²) in [6.45, 7) is 13.4. The van der Waals surface area contributed by atoms with Gasteiger partial charge in [-0.2, -0.15) is 0 Å². The number of rotatable bonds is 29. The lowest BCUT2D eigenvalue weighted by Crippen LogP contribution is -2.45. The molecular formula is C49H66F2N6O11SSi. The summed E-state index contributed by atoms with van der Waals surface area (Å²) in [4.78, 5) is 89.9.